The fourth-order valence-electron chi connectivity index (χ4n) is 2.92. The topological polar surface area (TPSA) is 84.4 Å². The second-order valence-corrected chi connectivity index (χ2v) is 6.27. The van der Waals surface area contributed by atoms with E-state index >= 15 is 0 Å². The minimum absolute atomic E-state index is 0.212. The van der Waals surface area contributed by atoms with Crippen LogP contribution >= 0.6 is 0 Å². The lowest BCUT2D eigenvalue weighted by Crippen LogP contribution is -2.31. The van der Waals surface area contributed by atoms with Crippen molar-refractivity contribution in [1.29, 1.82) is 0 Å². The van der Waals surface area contributed by atoms with Crippen molar-refractivity contribution >= 4 is 29.1 Å². The lowest BCUT2D eigenvalue weighted by Gasteiger charge is -2.21. The summed E-state index contributed by atoms with van der Waals surface area (Å²) in [6, 6.07) is 17.9. The number of esters is 1. The number of amides is 1. The number of aromatic nitrogens is 2. The van der Waals surface area contributed by atoms with Gasteiger partial charge in [-0.3, -0.25) is 4.79 Å². The van der Waals surface area contributed by atoms with Gasteiger partial charge >= 0.3 is 5.97 Å². The quantitative estimate of drug-likeness (QED) is 0.641. The van der Waals surface area contributed by atoms with Crippen LogP contribution in [0.3, 0.4) is 0 Å². The first kappa shape index (κ1) is 20.0. The van der Waals surface area contributed by atoms with Crippen molar-refractivity contribution in [3.05, 3.63) is 77.7 Å². The molecule has 3 aromatic rings. The summed E-state index contributed by atoms with van der Waals surface area (Å²) in [6.45, 7) is 4.15. The van der Waals surface area contributed by atoms with Gasteiger partial charge in [0, 0.05) is 24.0 Å². The number of anilines is 3. The molecular weight excluding hydrogens is 368 g/mol. The highest BCUT2D eigenvalue weighted by Gasteiger charge is 2.19. The minimum Gasteiger partial charge on any atom is -0.465 e. The van der Waals surface area contributed by atoms with Gasteiger partial charge in [0.2, 0.25) is 0 Å². The van der Waals surface area contributed by atoms with Gasteiger partial charge in [-0.05, 0) is 44.2 Å². The molecule has 1 heterocycles. The van der Waals surface area contributed by atoms with Crippen LogP contribution in [0.4, 0.5) is 17.2 Å². The van der Waals surface area contributed by atoms with E-state index in [0.717, 1.165) is 5.69 Å². The van der Waals surface area contributed by atoms with E-state index in [0.29, 0.717) is 29.4 Å². The summed E-state index contributed by atoms with van der Waals surface area (Å²) in [5.74, 6) is 0.291. The first-order valence-corrected chi connectivity index (χ1v) is 9.19. The number of carbonyl (C=O) groups is 2. The number of rotatable bonds is 6. The molecule has 7 nitrogen and oxygen atoms in total. The predicted molar refractivity (Wildman–Crippen MR) is 112 cm³/mol. The fourth-order valence-corrected chi connectivity index (χ4v) is 2.92. The van der Waals surface area contributed by atoms with E-state index in [1.54, 1.807) is 42.2 Å². The molecule has 0 aliphatic carbocycles. The van der Waals surface area contributed by atoms with Crippen LogP contribution in [-0.2, 0) is 4.74 Å². The van der Waals surface area contributed by atoms with E-state index in [2.05, 4.69) is 15.3 Å². The molecule has 0 fully saturated rings. The molecular formula is C22H22N4O3. The van der Waals surface area contributed by atoms with Gasteiger partial charge < -0.3 is 15.0 Å². The van der Waals surface area contributed by atoms with Crippen LogP contribution in [0.5, 0.6) is 0 Å². The molecule has 0 atom stereocenters. The number of aryl methyl sites for hydroxylation is 1. The molecule has 0 aliphatic rings. The highest BCUT2D eigenvalue weighted by Crippen LogP contribution is 2.20. The predicted octanol–water partition coefficient (Wildman–Crippen LogP) is 3.98. The Bertz CT molecular complexity index is 1020. The number of ether oxygens (including phenoxy) is 1. The number of benzene rings is 2. The Balaban J connectivity index is 1.88. The molecule has 0 saturated carbocycles. The first-order chi connectivity index (χ1) is 14.0. The molecule has 0 saturated heterocycles. The SMILES string of the molecule is CCN(C(=O)c1cc(Nc2cccc(C(=O)OC)c2)nc(C)n1)c1ccccc1. The summed E-state index contributed by atoms with van der Waals surface area (Å²) in [4.78, 5) is 35.1. The van der Waals surface area contributed by atoms with Crippen LogP contribution in [0.15, 0.2) is 60.7 Å². The zero-order valence-electron chi connectivity index (χ0n) is 16.5. The molecule has 148 valence electrons. The van der Waals surface area contributed by atoms with E-state index in [4.69, 9.17) is 4.74 Å². The lowest BCUT2D eigenvalue weighted by molar-refractivity contribution is 0.0600. The number of methoxy groups -OCH3 is 1. The number of hydrogen-bond acceptors (Lipinski definition) is 6. The number of hydrogen-bond donors (Lipinski definition) is 1. The van der Waals surface area contributed by atoms with Gasteiger partial charge in [-0.1, -0.05) is 24.3 Å². The van der Waals surface area contributed by atoms with Crippen LogP contribution in [0.1, 0.15) is 33.6 Å². The summed E-state index contributed by atoms with van der Waals surface area (Å²) in [7, 11) is 1.33. The molecule has 0 radical (unpaired) electrons. The maximum atomic E-state index is 13.1. The standard InChI is InChI=1S/C22H22N4O3/c1-4-26(18-11-6-5-7-12-18)21(27)19-14-20(24-15(2)23-19)25-17-10-8-9-16(13-17)22(28)29-3/h5-14H,4H2,1-3H3,(H,23,24,25). The van der Waals surface area contributed by atoms with Gasteiger partial charge in [0.05, 0.1) is 12.7 Å². The van der Waals surface area contributed by atoms with E-state index in [-0.39, 0.29) is 11.6 Å². The largest absolute Gasteiger partial charge is 0.465 e. The van der Waals surface area contributed by atoms with Crippen molar-refractivity contribution in [2.24, 2.45) is 0 Å². The molecule has 1 N–H and O–H groups in total. The number of nitrogens with one attached hydrogen (secondary N) is 1. The molecule has 29 heavy (non-hydrogen) atoms. The van der Waals surface area contributed by atoms with Gasteiger partial charge in [0.1, 0.15) is 17.3 Å². The highest BCUT2D eigenvalue weighted by atomic mass is 16.5. The van der Waals surface area contributed by atoms with Gasteiger partial charge in [0.15, 0.2) is 0 Å². The molecule has 2 aromatic carbocycles. The molecule has 0 bridgehead atoms. The van der Waals surface area contributed by atoms with Gasteiger partial charge in [-0.2, -0.15) is 0 Å². The smallest absolute Gasteiger partial charge is 0.337 e. The van der Waals surface area contributed by atoms with Crippen LogP contribution < -0.4 is 10.2 Å². The molecule has 1 amide bonds. The summed E-state index contributed by atoms with van der Waals surface area (Å²) in [5.41, 5.74) is 2.16. The second kappa shape index (κ2) is 8.97. The summed E-state index contributed by atoms with van der Waals surface area (Å²) >= 11 is 0. The van der Waals surface area contributed by atoms with Crippen molar-refractivity contribution in [2.75, 3.05) is 23.9 Å². The van der Waals surface area contributed by atoms with E-state index in [9.17, 15) is 9.59 Å². The number of nitrogens with zero attached hydrogens (tertiary/aromatic N) is 3. The Morgan fingerprint density at radius 3 is 2.48 bits per heavy atom. The Kier molecular flexibility index (Phi) is 6.19. The van der Waals surface area contributed by atoms with Crippen LogP contribution in [0, 0.1) is 6.92 Å². The maximum Gasteiger partial charge on any atom is 0.337 e. The van der Waals surface area contributed by atoms with Gasteiger partial charge in [-0.15, -0.1) is 0 Å². The van der Waals surface area contributed by atoms with Crippen molar-refractivity contribution in [2.45, 2.75) is 13.8 Å². The normalized spacial score (nSPS) is 10.3. The number of para-hydroxylation sites is 1. The maximum absolute atomic E-state index is 13.1. The summed E-state index contributed by atoms with van der Waals surface area (Å²) in [5, 5.41) is 3.13. The van der Waals surface area contributed by atoms with Crippen LogP contribution in [-0.4, -0.2) is 35.5 Å². The summed E-state index contributed by atoms with van der Waals surface area (Å²) in [6.07, 6.45) is 0. The fraction of sp³-hybridized carbons (Fsp3) is 0.182. The van der Waals surface area contributed by atoms with Gasteiger partial charge in [-0.25, -0.2) is 14.8 Å². The molecule has 0 unspecified atom stereocenters. The van der Waals surface area contributed by atoms with Gasteiger partial charge in [0.25, 0.3) is 5.91 Å². The molecule has 7 heteroatoms. The molecule has 1 aromatic heterocycles. The van der Waals surface area contributed by atoms with Crippen LogP contribution in [0.25, 0.3) is 0 Å². The third kappa shape index (κ3) is 4.76. The zero-order chi connectivity index (χ0) is 20.8. The third-order valence-corrected chi connectivity index (χ3v) is 4.24. The van der Waals surface area contributed by atoms with Crippen LogP contribution in [0.2, 0.25) is 0 Å². The van der Waals surface area contributed by atoms with E-state index < -0.39 is 5.97 Å². The minimum atomic E-state index is -0.426. The molecule has 0 aliphatic heterocycles. The second-order valence-electron chi connectivity index (χ2n) is 6.27. The average Bonchev–Trinajstić information content (AvgIpc) is 2.74. The Morgan fingerprint density at radius 1 is 1.03 bits per heavy atom. The van der Waals surface area contributed by atoms with E-state index in [1.165, 1.54) is 7.11 Å². The first-order valence-electron chi connectivity index (χ1n) is 9.19. The lowest BCUT2D eigenvalue weighted by atomic mass is 10.2. The van der Waals surface area contributed by atoms with Crippen molar-refractivity contribution in [1.82, 2.24) is 9.97 Å². The summed E-state index contributed by atoms with van der Waals surface area (Å²) < 4.78 is 4.75. The van der Waals surface area contributed by atoms with Crippen molar-refractivity contribution < 1.29 is 14.3 Å². The monoisotopic (exact) mass is 390 g/mol. The zero-order valence-corrected chi connectivity index (χ0v) is 16.5. The number of carbonyl (C=O) groups excluding carboxylic acids is 2. The molecule has 0 spiro atoms. The highest BCUT2D eigenvalue weighted by molar-refractivity contribution is 6.05. The average molecular weight is 390 g/mol. The third-order valence-electron chi connectivity index (χ3n) is 4.24. The van der Waals surface area contributed by atoms with Crippen molar-refractivity contribution in [3.63, 3.8) is 0 Å². The molecule has 3 rings (SSSR count). The Morgan fingerprint density at radius 2 is 1.79 bits per heavy atom. The Hall–Kier alpha value is -3.74. The Labute approximate surface area is 169 Å². The van der Waals surface area contributed by atoms with E-state index in [1.807, 2.05) is 37.3 Å². The van der Waals surface area contributed by atoms with Crippen molar-refractivity contribution in [3.8, 4) is 0 Å².